The fourth-order valence-electron chi connectivity index (χ4n) is 1.09. The molecular formula is C6H8N4O. The molecule has 5 heteroatoms. The van der Waals surface area contributed by atoms with E-state index in [0.717, 1.165) is 5.82 Å². The Morgan fingerprint density at radius 1 is 1.64 bits per heavy atom. The molecule has 2 rings (SSSR count). The molecule has 0 amide bonds. The average molecular weight is 152 g/mol. The summed E-state index contributed by atoms with van der Waals surface area (Å²) >= 11 is 0. The zero-order valence-electron chi connectivity index (χ0n) is 6.10. The molecule has 1 aromatic rings. The number of hydrogen-bond acceptors (Lipinski definition) is 4. The van der Waals surface area contributed by atoms with E-state index in [1.54, 1.807) is 6.20 Å². The number of nitrogens with zero attached hydrogens (tertiary/aromatic N) is 4. The van der Waals surface area contributed by atoms with E-state index in [0.29, 0.717) is 6.54 Å². The largest absolute Gasteiger partial charge is 0.492 e. The second kappa shape index (κ2) is 1.98. The van der Waals surface area contributed by atoms with E-state index in [1.807, 2.05) is 11.9 Å². The van der Waals surface area contributed by atoms with Crippen molar-refractivity contribution in [2.75, 3.05) is 7.05 Å². The Morgan fingerprint density at radius 3 is 3.27 bits per heavy atom. The van der Waals surface area contributed by atoms with Gasteiger partial charge in [0.1, 0.15) is 6.33 Å². The molecule has 5 nitrogen and oxygen atoms in total. The van der Waals surface area contributed by atoms with Gasteiger partial charge in [0.25, 0.3) is 0 Å². The highest BCUT2D eigenvalue weighted by Gasteiger charge is 2.14. The first-order chi connectivity index (χ1) is 5.27. The minimum Gasteiger partial charge on any atom is -0.492 e. The van der Waals surface area contributed by atoms with Crippen LogP contribution in [0.2, 0.25) is 0 Å². The van der Waals surface area contributed by atoms with Crippen LogP contribution in [0, 0.1) is 0 Å². The fourth-order valence-corrected chi connectivity index (χ4v) is 1.09. The van der Waals surface area contributed by atoms with Crippen LogP contribution in [0.25, 0.3) is 5.88 Å². The Balaban J connectivity index is 2.50. The van der Waals surface area contributed by atoms with Gasteiger partial charge in [0.15, 0.2) is 5.82 Å². The summed E-state index contributed by atoms with van der Waals surface area (Å²) in [4.78, 5) is 5.81. The van der Waals surface area contributed by atoms with Gasteiger partial charge in [-0.25, -0.2) is 4.98 Å². The minimum absolute atomic E-state index is 0.117. The van der Waals surface area contributed by atoms with Gasteiger partial charge in [0.05, 0.1) is 12.7 Å². The highest BCUT2D eigenvalue weighted by Crippen LogP contribution is 2.11. The maximum Gasteiger partial charge on any atom is 0.230 e. The predicted molar refractivity (Wildman–Crippen MR) is 38.4 cm³/mol. The van der Waals surface area contributed by atoms with Crippen molar-refractivity contribution in [1.29, 1.82) is 0 Å². The standard InChI is InChI=1S/C6H8N4O/c1-9-2-5-7-4-8-10(5)6(11)3-9/h3-4,11H,2H2,1H3. The van der Waals surface area contributed by atoms with Gasteiger partial charge in [-0.15, -0.1) is 0 Å². The number of aromatic nitrogens is 3. The summed E-state index contributed by atoms with van der Waals surface area (Å²) in [6.07, 6.45) is 3.04. The predicted octanol–water partition coefficient (Wildman–Crippen LogP) is 0.0374. The molecule has 0 saturated carbocycles. The van der Waals surface area contributed by atoms with Crippen LogP contribution >= 0.6 is 0 Å². The van der Waals surface area contributed by atoms with Gasteiger partial charge in [-0.3, -0.25) is 0 Å². The van der Waals surface area contributed by atoms with Gasteiger partial charge in [-0.05, 0) is 0 Å². The third-order valence-electron chi connectivity index (χ3n) is 1.56. The third kappa shape index (κ3) is 0.849. The molecule has 0 atom stereocenters. The average Bonchev–Trinajstić information content (AvgIpc) is 2.34. The van der Waals surface area contributed by atoms with Crippen LogP contribution in [0.1, 0.15) is 5.82 Å². The molecule has 0 aromatic carbocycles. The van der Waals surface area contributed by atoms with E-state index in [4.69, 9.17) is 0 Å². The first kappa shape index (κ1) is 6.21. The summed E-state index contributed by atoms with van der Waals surface area (Å²) in [5.41, 5.74) is 0. The van der Waals surface area contributed by atoms with E-state index < -0.39 is 0 Å². The Labute approximate surface area is 63.6 Å². The van der Waals surface area contributed by atoms with Gasteiger partial charge >= 0.3 is 0 Å². The quantitative estimate of drug-likeness (QED) is 0.570. The Morgan fingerprint density at radius 2 is 2.45 bits per heavy atom. The monoisotopic (exact) mass is 152 g/mol. The van der Waals surface area contributed by atoms with E-state index >= 15 is 0 Å². The maximum absolute atomic E-state index is 9.30. The Hall–Kier alpha value is -1.52. The third-order valence-corrected chi connectivity index (χ3v) is 1.56. The van der Waals surface area contributed by atoms with E-state index in [1.165, 1.54) is 11.0 Å². The van der Waals surface area contributed by atoms with Gasteiger partial charge in [0, 0.05) is 7.05 Å². The topological polar surface area (TPSA) is 54.2 Å². The molecule has 1 N–H and O–H groups in total. The fraction of sp³-hybridized carbons (Fsp3) is 0.333. The lowest BCUT2D eigenvalue weighted by molar-refractivity contribution is 0.358. The molecule has 0 bridgehead atoms. The van der Waals surface area contributed by atoms with Gasteiger partial charge in [-0.2, -0.15) is 9.78 Å². The van der Waals surface area contributed by atoms with Crippen LogP contribution in [0.5, 0.6) is 0 Å². The first-order valence-corrected chi connectivity index (χ1v) is 3.27. The molecule has 2 heterocycles. The van der Waals surface area contributed by atoms with Crippen LogP contribution in [0.15, 0.2) is 12.5 Å². The normalized spacial score (nSPS) is 16.1. The number of aliphatic hydroxyl groups is 1. The summed E-state index contributed by atoms with van der Waals surface area (Å²) in [5, 5.41) is 13.1. The Kier molecular flexibility index (Phi) is 1.12. The Bertz CT molecular complexity index is 303. The molecule has 0 unspecified atom stereocenters. The summed E-state index contributed by atoms with van der Waals surface area (Å²) in [6.45, 7) is 0.685. The van der Waals surface area contributed by atoms with Crippen molar-refractivity contribution in [3.05, 3.63) is 18.4 Å². The summed E-state index contributed by atoms with van der Waals surface area (Å²) in [7, 11) is 1.87. The highest BCUT2D eigenvalue weighted by molar-refractivity contribution is 5.35. The molecule has 1 aromatic heterocycles. The van der Waals surface area contributed by atoms with E-state index in [2.05, 4.69) is 10.1 Å². The van der Waals surface area contributed by atoms with Crippen LogP contribution in [0.3, 0.4) is 0 Å². The summed E-state index contributed by atoms with van der Waals surface area (Å²) in [5.74, 6) is 0.874. The van der Waals surface area contributed by atoms with Crippen molar-refractivity contribution >= 4 is 5.88 Å². The van der Waals surface area contributed by atoms with Crippen molar-refractivity contribution in [2.24, 2.45) is 0 Å². The van der Waals surface area contributed by atoms with Crippen molar-refractivity contribution in [2.45, 2.75) is 6.54 Å². The van der Waals surface area contributed by atoms with Crippen LogP contribution in [-0.4, -0.2) is 31.8 Å². The molecule has 0 aliphatic carbocycles. The van der Waals surface area contributed by atoms with Crippen LogP contribution in [-0.2, 0) is 6.54 Å². The lowest BCUT2D eigenvalue weighted by Gasteiger charge is -2.19. The van der Waals surface area contributed by atoms with E-state index in [-0.39, 0.29) is 5.88 Å². The minimum atomic E-state index is 0.117. The maximum atomic E-state index is 9.30. The van der Waals surface area contributed by atoms with Gasteiger partial charge in [0.2, 0.25) is 5.88 Å². The SMILES string of the molecule is CN1C=C(O)n2ncnc2C1. The molecule has 0 radical (unpaired) electrons. The summed E-state index contributed by atoms with van der Waals surface area (Å²) in [6, 6.07) is 0. The molecule has 0 saturated heterocycles. The summed E-state index contributed by atoms with van der Waals surface area (Å²) < 4.78 is 1.42. The lowest BCUT2D eigenvalue weighted by Crippen LogP contribution is -2.21. The molecule has 58 valence electrons. The highest BCUT2D eigenvalue weighted by atomic mass is 16.3. The van der Waals surface area contributed by atoms with Crippen molar-refractivity contribution in [3.8, 4) is 0 Å². The molecule has 1 aliphatic heterocycles. The molecular weight excluding hydrogens is 144 g/mol. The number of hydrogen-bond donors (Lipinski definition) is 1. The zero-order chi connectivity index (χ0) is 7.84. The molecule has 11 heavy (non-hydrogen) atoms. The van der Waals surface area contributed by atoms with Crippen LogP contribution < -0.4 is 0 Å². The van der Waals surface area contributed by atoms with Crippen molar-refractivity contribution < 1.29 is 5.11 Å². The number of aliphatic hydroxyl groups excluding tert-OH is 1. The van der Waals surface area contributed by atoms with E-state index in [9.17, 15) is 5.11 Å². The second-order valence-corrected chi connectivity index (χ2v) is 2.49. The molecule has 0 spiro atoms. The van der Waals surface area contributed by atoms with Gasteiger partial charge < -0.3 is 10.0 Å². The molecule has 1 aliphatic rings. The number of rotatable bonds is 0. The van der Waals surface area contributed by atoms with Gasteiger partial charge in [-0.1, -0.05) is 0 Å². The second-order valence-electron chi connectivity index (χ2n) is 2.49. The molecule has 0 fully saturated rings. The number of fused-ring (bicyclic) bond motifs is 1. The lowest BCUT2D eigenvalue weighted by atomic mass is 10.5. The zero-order valence-corrected chi connectivity index (χ0v) is 6.10. The van der Waals surface area contributed by atoms with Crippen LogP contribution in [0.4, 0.5) is 0 Å². The smallest absolute Gasteiger partial charge is 0.230 e. The first-order valence-electron chi connectivity index (χ1n) is 3.27. The van der Waals surface area contributed by atoms with Crippen molar-refractivity contribution in [1.82, 2.24) is 19.7 Å². The van der Waals surface area contributed by atoms with Crippen molar-refractivity contribution in [3.63, 3.8) is 0 Å².